The molecule has 0 atom stereocenters. The van der Waals surface area contributed by atoms with E-state index in [2.05, 4.69) is 0 Å². The second kappa shape index (κ2) is 11.1. The van der Waals surface area contributed by atoms with E-state index >= 15 is 0 Å². The van der Waals surface area contributed by atoms with Gasteiger partial charge in [-0.3, -0.25) is 28.0 Å². The molecule has 0 aromatic heterocycles. The van der Waals surface area contributed by atoms with E-state index in [1.54, 1.807) is 0 Å². The topological polar surface area (TPSA) is 224 Å². The highest BCUT2D eigenvalue weighted by molar-refractivity contribution is 7.86. The van der Waals surface area contributed by atoms with Crippen molar-refractivity contribution in [3.63, 3.8) is 0 Å². The molecule has 0 aromatic carbocycles. The summed E-state index contributed by atoms with van der Waals surface area (Å²) in [6.07, 6.45) is 0. The molecule has 0 bridgehead atoms. The summed E-state index contributed by atoms with van der Waals surface area (Å²) in [6, 6.07) is 0. The van der Waals surface area contributed by atoms with Crippen LogP contribution in [0.2, 0.25) is 0 Å². The first kappa shape index (κ1) is 27.6. The van der Waals surface area contributed by atoms with Crippen LogP contribution in [0.3, 0.4) is 0 Å². The smallest absolute Gasteiger partial charge is 0.266 e. The number of hydrogen-bond acceptors (Lipinski definition) is 10. The van der Waals surface area contributed by atoms with Crippen LogP contribution in [0.4, 0.5) is 0 Å². The lowest BCUT2D eigenvalue weighted by atomic mass is 10.4. The van der Waals surface area contributed by atoms with Crippen molar-refractivity contribution < 1.29 is 51.9 Å². The van der Waals surface area contributed by atoms with Crippen molar-refractivity contribution >= 4 is 40.5 Å². The van der Waals surface area contributed by atoms with E-state index in [4.69, 9.17) is 18.2 Å². The van der Waals surface area contributed by atoms with Crippen molar-refractivity contribution in [1.82, 2.24) is 9.80 Å². The van der Waals surface area contributed by atoms with Gasteiger partial charge >= 0.3 is 0 Å². The molecule has 170 valence electrons. The molecule has 0 radical (unpaired) electrons. The fourth-order valence-corrected chi connectivity index (χ4v) is 3.89. The van der Waals surface area contributed by atoms with Crippen LogP contribution in [-0.2, 0) is 40.5 Å². The molecule has 0 amide bonds. The maximum Gasteiger partial charge on any atom is 0.266 e. The van der Waals surface area contributed by atoms with Crippen LogP contribution in [0.15, 0.2) is 0 Å². The molecule has 0 unspecified atom stereocenters. The SMILES string of the molecule is O=S(=O)(O)CCN(CCN(CCS(=O)(=O)O)CCS(=O)(=O)O)CCS(=O)(=O)O. The van der Waals surface area contributed by atoms with Crippen LogP contribution in [0.25, 0.3) is 0 Å². The van der Waals surface area contributed by atoms with Gasteiger partial charge in [-0.1, -0.05) is 0 Å². The maximum atomic E-state index is 10.9. The van der Waals surface area contributed by atoms with Gasteiger partial charge in [0.15, 0.2) is 0 Å². The van der Waals surface area contributed by atoms with Crippen LogP contribution in [-0.4, -0.2) is 124 Å². The zero-order chi connectivity index (χ0) is 22.2. The lowest BCUT2D eigenvalue weighted by Gasteiger charge is -2.26. The first-order valence-electron chi connectivity index (χ1n) is 7.62. The van der Waals surface area contributed by atoms with Gasteiger partial charge in [0.1, 0.15) is 0 Å². The summed E-state index contributed by atoms with van der Waals surface area (Å²) in [5.74, 6) is -2.97. The van der Waals surface area contributed by atoms with Gasteiger partial charge in [0, 0.05) is 39.3 Å². The molecule has 0 aliphatic heterocycles. The third-order valence-corrected chi connectivity index (χ3v) is 6.19. The van der Waals surface area contributed by atoms with Crippen LogP contribution in [0.1, 0.15) is 0 Å². The van der Waals surface area contributed by atoms with Crippen molar-refractivity contribution in [2.24, 2.45) is 0 Å². The zero-order valence-electron chi connectivity index (χ0n) is 14.7. The minimum atomic E-state index is -4.36. The Labute approximate surface area is 164 Å². The number of rotatable bonds is 15. The van der Waals surface area contributed by atoms with Crippen LogP contribution in [0, 0.1) is 0 Å². The van der Waals surface area contributed by atoms with E-state index in [-0.39, 0.29) is 39.3 Å². The standard InChI is InChI=1S/C10H24N2O12S4/c13-25(14,15)7-3-11(4-8-26(16,17)18)1-2-12(5-9-27(19,20)21)6-10-28(22,23)24/h1-10H2,(H,13,14,15)(H,16,17,18)(H,19,20,21)(H,22,23,24). The Balaban J connectivity index is 5.05. The summed E-state index contributed by atoms with van der Waals surface area (Å²) in [7, 11) is -17.5. The van der Waals surface area contributed by atoms with Gasteiger partial charge in [0.2, 0.25) is 0 Å². The van der Waals surface area contributed by atoms with Crippen molar-refractivity contribution in [3.05, 3.63) is 0 Å². The Hall–Kier alpha value is -0.440. The van der Waals surface area contributed by atoms with E-state index in [1.807, 2.05) is 0 Å². The van der Waals surface area contributed by atoms with E-state index in [0.29, 0.717) is 0 Å². The molecule has 0 fully saturated rings. The van der Waals surface area contributed by atoms with E-state index in [9.17, 15) is 33.7 Å². The van der Waals surface area contributed by atoms with E-state index in [0.717, 1.165) is 0 Å². The Bertz CT molecular complexity index is 746. The lowest BCUT2D eigenvalue weighted by molar-refractivity contribution is 0.226. The quantitative estimate of drug-likeness (QED) is 0.169. The maximum absolute atomic E-state index is 10.9. The summed E-state index contributed by atoms with van der Waals surface area (Å²) in [4.78, 5) is 2.46. The summed E-state index contributed by atoms with van der Waals surface area (Å²) in [5.41, 5.74) is 0. The largest absolute Gasteiger partial charge is 0.300 e. The van der Waals surface area contributed by atoms with Crippen LogP contribution in [0.5, 0.6) is 0 Å². The normalized spacial score (nSPS) is 14.1. The molecular formula is C10H24N2O12S4. The van der Waals surface area contributed by atoms with Gasteiger partial charge in [-0.25, -0.2) is 0 Å². The number of nitrogens with zero attached hydrogens (tertiary/aromatic N) is 2. The lowest BCUT2D eigenvalue weighted by Crippen LogP contribution is -2.42. The molecular weight excluding hydrogens is 468 g/mol. The van der Waals surface area contributed by atoms with E-state index < -0.39 is 63.5 Å². The first-order chi connectivity index (χ1) is 12.4. The first-order valence-corrected chi connectivity index (χ1v) is 14.1. The third-order valence-electron chi connectivity index (χ3n) is 3.39. The van der Waals surface area contributed by atoms with Gasteiger partial charge < -0.3 is 0 Å². The minimum absolute atomic E-state index is 0.0952. The average Bonchev–Trinajstić information content (AvgIpc) is 2.44. The third kappa shape index (κ3) is 18.9. The zero-order valence-corrected chi connectivity index (χ0v) is 17.9. The molecule has 4 N–H and O–H groups in total. The van der Waals surface area contributed by atoms with Gasteiger partial charge in [-0.2, -0.15) is 33.7 Å². The highest BCUT2D eigenvalue weighted by Crippen LogP contribution is 1.99. The van der Waals surface area contributed by atoms with Crippen molar-refractivity contribution in [2.45, 2.75) is 0 Å². The molecule has 0 spiro atoms. The summed E-state index contributed by atoms with van der Waals surface area (Å²) < 4.78 is 122. The molecule has 0 rings (SSSR count). The van der Waals surface area contributed by atoms with Crippen LogP contribution < -0.4 is 0 Å². The van der Waals surface area contributed by atoms with Crippen molar-refractivity contribution in [2.75, 3.05) is 62.3 Å². The summed E-state index contributed by atoms with van der Waals surface area (Å²) in [6.45, 7) is -1.47. The molecule has 0 saturated carbocycles. The molecule has 0 saturated heterocycles. The molecule has 0 aliphatic carbocycles. The van der Waals surface area contributed by atoms with Gasteiger partial charge in [0.25, 0.3) is 40.5 Å². The Morgan fingerprint density at radius 2 is 0.571 bits per heavy atom. The summed E-state index contributed by atoms with van der Waals surface area (Å²) >= 11 is 0. The second-order valence-electron chi connectivity index (χ2n) is 5.83. The monoisotopic (exact) mass is 492 g/mol. The molecule has 0 aliphatic rings. The molecule has 0 heterocycles. The minimum Gasteiger partial charge on any atom is -0.300 e. The van der Waals surface area contributed by atoms with Crippen molar-refractivity contribution in [3.8, 4) is 0 Å². The fourth-order valence-electron chi connectivity index (χ4n) is 1.93. The Morgan fingerprint density at radius 1 is 0.393 bits per heavy atom. The van der Waals surface area contributed by atoms with Gasteiger partial charge in [0.05, 0.1) is 23.0 Å². The predicted molar refractivity (Wildman–Crippen MR) is 98.5 cm³/mol. The van der Waals surface area contributed by atoms with Gasteiger partial charge in [-0.05, 0) is 0 Å². The molecule has 18 heteroatoms. The molecule has 28 heavy (non-hydrogen) atoms. The highest BCUT2D eigenvalue weighted by atomic mass is 32.2. The average molecular weight is 493 g/mol. The Kier molecular flexibility index (Phi) is 10.9. The van der Waals surface area contributed by atoms with Crippen LogP contribution >= 0.6 is 0 Å². The fraction of sp³-hybridized carbons (Fsp3) is 1.00. The second-order valence-corrected chi connectivity index (χ2v) is 12.1. The van der Waals surface area contributed by atoms with Crippen molar-refractivity contribution in [1.29, 1.82) is 0 Å². The van der Waals surface area contributed by atoms with E-state index in [1.165, 1.54) is 9.80 Å². The molecule has 14 nitrogen and oxygen atoms in total. The predicted octanol–water partition coefficient (Wildman–Crippen LogP) is -2.86. The highest BCUT2D eigenvalue weighted by Gasteiger charge is 2.18. The number of hydrogen-bond donors (Lipinski definition) is 4. The Morgan fingerprint density at radius 3 is 0.714 bits per heavy atom. The van der Waals surface area contributed by atoms with Gasteiger partial charge in [-0.15, -0.1) is 0 Å². The summed E-state index contributed by atoms with van der Waals surface area (Å²) in [5, 5.41) is 0. The molecule has 0 aromatic rings.